The molecule has 0 amide bonds. The highest BCUT2D eigenvalue weighted by atomic mass is 32.2. The second-order valence-electron chi connectivity index (χ2n) is 10.2. The predicted molar refractivity (Wildman–Crippen MR) is 177 cm³/mol. The fourth-order valence-electron chi connectivity index (χ4n) is 4.78. The van der Waals surface area contributed by atoms with Gasteiger partial charge in [0.25, 0.3) is 0 Å². The zero-order valence-corrected chi connectivity index (χ0v) is 26.8. The number of unbranched alkanes of at least 4 members (excludes halogenated alkanes) is 2. The van der Waals surface area contributed by atoms with Gasteiger partial charge in [0, 0.05) is 28.6 Å². The Labute approximate surface area is 272 Å². The molecule has 0 saturated heterocycles. The number of ether oxygens (including phenoxy) is 2. The summed E-state index contributed by atoms with van der Waals surface area (Å²) in [5.74, 6) is 0.467. The van der Waals surface area contributed by atoms with Crippen LogP contribution in [0.25, 0.3) is 43.0 Å². The molecule has 230 valence electrons. The third-order valence-corrected chi connectivity index (χ3v) is 10.8. The van der Waals surface area contributed by atoms with Crippen LogP contribution >= 0.6 is 34.4 Å². The number of pyridine rings is 3. The number of carboxylic acid groups (broad SMARTS) is 2. The Bertz CT molecular complexity index is 1870. The van der Waals surface area contributed by atoms with E-state index in [1.54, 1.807) is 28.9 Å². The SMILES string of the molecule is CCCCCSc1sc(-c2ccc(-c3ccnc(-c4cc(C(=O)O)cc(-c5cc(C(=O)O)ccn5)n4)c3)s2)c2c1OCCCO2. The number of rotatable bonds is 11. The van der Waals surface area contributed by atoms with Gasteiger partial charge in [0.15, 0.2) is 11.5 Å². The van der Waals surface area contributed by atoms with Crippen molar-refractivity contribution in [3.63, 3.8) is 0 Å². The summed E-state index contributed by atoms with van der Waals surface area (Å²) in [6.45, 7) is 3.46. The standard InChI is InChI=1S/C33H29N3O6S3/c1-2-3-4-14-43-33-29-28(41-12-5-13-42-29)30(45-33)27-7-6-26(44-27)19-8-10-34-22(15-19)24-17-21(32(39)40)18-25(36-24)23-16-20(31(37)38)9-11-35-23/h6-11,15-18H,2-5,12-14H2,1H3,(H,37,38)(H,39,40). The van der Waals surface area contributed by atoms with Gasteiger partial charge in [-0.1, -0.05) is 19.8 Å². The van der Waals surface area contributed by atoms with E-state index in [1.807, 2.05) is 23.9 Å². The van der Waals surface area contributed by atoms with Gasteiger partial charge in [-0.3, -0.25) is 9.97 Å². The maximum atomic E-state index is 12.0. The quantitative estimate of drug-likeness (QED) is 0.105. The molecule has 0 saturated carbocycles. The number of thioether (sulfide) groups is 1. The largest absolute Gasteiger partial charge is 0.488 e. The molecule has 1 aliphatic heterocycles. The number of carbonyl (C=O) groups is 2. The number of hydrogen-bond acceptors (Lipinski definition) is 10. The molecule has 9 nitrogen and oxygen atoms in total. The lowest BCUT2D eigenvalue weighted by Gasteiger charge is -2.08. The minimum atomic E-state index is -1.14. The van der Waals surface area contributed by atoms with Crippen LogP contribution in [0.3, 0.4) is 0 Å². The average Bonchev–Trinajstić information content (AvgIpc) is 3.60. The molecule has 6 heterocycles. The smallest absolute Gasteiger partial charge is 0.335 e. The van der Waals surface area contributed by atoms with Gasteiger partial charge < -0.3 is 19.7 Å². The number of aromatic carboxylic acids is 2. The first kappa shape index (κ1) is 30.8. The molecule has 2 N–H and O–H groups in total. The van der Waals surface area contributed by atoms with E-state index in [0.717, 1.165) is 54.5 Å². The zero-order chi connectivity index (χ0) is 31.3. The van der Waals surface area contributed by atoms with Crippen LogP contribution in [0.2, 0.25) is 0 Å². The van der Waals surface area contributed by atoms with E-state index in [2.05, 4.69) is 34.0 Å². The van der Waals surface area contributed by atoms with E-state index < -0.39 is 11.9 Å². The Morgan fingerprint density at radius 3 is 2.20 bits per heavy atom. The molecule has 0 bridgehead atoms. The maximum Gasteiger partial charge on any atom is 0.335 e. The van der Waals surface area contributed by atoms with Crippen LogP contribution in [-0.4, -0.2) is 56.1 Å². The molecule has 1 aliphatic rings. The zero-order valence-electron chi connectivity index (χ0n) is 24.3. The number of fused-ring (bicyclic) bond motifs is 1. The van der Waals surface area contributed by atoms with Gasteiger partial charge in [-0.15, -0.1) is 34.4 Å². The summed E-state index contributed by atoms with van der Waals surface area (Å²) in [5.41, 5.74) is 2.23. The lowest BCUT2D eigenvalue weighted by Crippen LogP contribution is -2.02. The van der Waals surface area contributed by atoms with Crippen molar-refractivity contribution in [1.29, 1.82) is 0 Å². The molecule has 45 heavy (non-hydrogen) atoms. The highest BCUT2D eigenvalue weighted by molar-refractivity contribution is 8.01. The number of carboxylic acids is 2. The number of nitrogens with zero attached hydrogens (tertiary/aromatic N) is 3. The van der Waals surface area contributed by atoms with Crippen molar-refractivity contribution in [2.24, 2.45) is 0 Å². The monoisotopic (exact) mass is 659 g/mol. The molecule has 6 rings (SSSR count). The van der Waals surface area contributed by atoms with Crippen LogP contribution in [0.4, 0.5) is 0 Å². The lowest BCUT2D eigenvalue weighted by atomic mass is 10.1. The highest BCUT2D eigenvalue weighted by Crippen LogP contribution is 2.54. The third-order valence-electron chi connectivity index (χ3n) is 7.03. The van der Waals surface area contributed by atoms with Crippen molar-refractivity contribution in [1.82, 2.24) is 15.0 Å². The summed E-state index contributed by atoms with van der Waals surface area (Å²) >= 11 is 5.19. The first-order valence-electron chi connectivity index (χ1n) is 14.5. The molecule has 0 spiro atoms. The van der Waals surface area contributed by atoms with Crippen molar-refractivity contribution in [3.8, 4) is 54.5 Å². The van der Waals surface area contributed by atoms with Gasteiger partial charge in [0.05, 0.1) is 52.0 Å². The topological polar surface area (TPSA) is 132 Å². The van der Waals surface area contributed by atoms with Gasteiger partial charge in [-0.2, -0.15) is 0 Å². The molecule has 12 heteroatoms. The average molecular weight is 660 g/mol. The van der Waals surface area contributed by atoms with Crippen molar-refractivity contribution in [3.05, 3.63) is 72.1 Å². The molecule has 0 fully saturated rings. The van der Waals surface area contributed by atoms with E-state index >= 15 is 0 Å². The summed E-state index contributed by atoms with van der Waals surface area (Å²) in [5, 5.41) is 19.2. The Kier molecular flexibility index (Phi) is 9.43. The molecule has 0 unspecified atom stereocenters. The van der Waals surface area contributed by atoms with Crippen LogP contribution in [0, 0.1) is 0 Å². The molecule has 5 aromatic heterocycles. The van der Waals surface area contributed by atoms with Crippen LogP contribution in [0.15, 0.2) is 65.1 Å². The van der Waals surface area contributed by atoms with Gasteiger partial charge in [0.2, 0.25) is 0 Å². The number of thiophene rings is 2. The van der Waals surface area contributed by atoms with Crippen molar-refractivity contribution in [2.45, 2.75) is 36.8 Å². The summed E-state index contributed by atoms with van der Waals surface area (Å²) < 4.78 is 13.5. The molecule has 0 radical (unpaired) electrons. The Balaban J connectivity index is 1.33. The lowest BCUT2D eigenvalue weighted by molar-refractivity contribution is 0.0686. The third kappa shape index (κ3) is 6.87. The minimum Gasteiger partial charge on any atom is -0.488 e. The van der Waals surface area contributed by atoms with Crippen LogP contribution in [0.1, 0.15) is 53.3 Å². The van der Waals surface area contributed by atoms with E-state index in [-0.39, 0.29) is 22.5 Å². The van der Waals surface area contributed by atoms with Gasteiger partial charge in [-0.25, -0.2) is 14.6 Å². The van der Waals surface area contributed by atoms with Gasteiger partial charge in [-0.05, 0) is 66.3 Å². The minimum absolute atomic E-state index is 0.00730. The molecule has 5 aromatic rings. The summed E-state index contributed by atoms with van der Waals surface area (Å²) in [6, 6.07) is 13.5. The molecule has 0 aromatic carbocycles. The van der Waals surface area contributed by atoms with E-state index in [9.17, 15) is 19.8 Å². The van der Waals surface area contributed by atoms with E-state index in [4.69, 9.17) is 9.47 Å². The van der Waals surface area contributed by atoms with E-state index in [0.29, 0.717) is 24.6 Å². The van der Waals surface area contributed by atoms with Crippen LogP contribution in [-0.2, 0) is 0 Å². The fourth-order valence-corrected chi connectivity index (χ4v) is 8.36. The Morgan fingerprint density at radius 2 is 1.47 bits per heavy atom. The normalized spacial score (nSPS) is 12.6. The Hall–Kier alpha value is -4.26. The molecular weight excluding hydrogens is 631 g/mol. The van der Waals surface area contributed by atoms with Crippen molar-refractivity contribution >= 4 is 46.4 Å². The number of hydrogen-bond donors (Lipinski definition) is 2. The second-order valence-corrected chi connectivity index (χ2v) is 13.7. The predicted octanol–water partition coefficient (Wildman–Crippen LogP) is 8.50. The van der Waals surface area contributed by atoms with Crippen molar-refractivity contribution < 1.29 is 29.3 Å². The maximum absolute atomic E-state index is 12.0. The summed E-state index contributed by atoms with van der Waals surface area (Å²) in [6.07, 6.45) is 7.42. The second kappa shape index (κ2) is 13.8. The molecule has 0 aliphatic carbocycles. The first-order chi connectivity index (χ1) is 21.9. The van der Waals surface area contributed by atoms with E-state index in [1.165, 1.54) is 43.3 Å². The van der Waals surface area contributed by atoms with Crippen LogP contribution in [0.5, 0.6) is 11.5 Å². The van der Waals surface area contributed by atoms with Gasteiger partial charge >= 0.3 is 11.9 Å². The summed E-state index contributed by atoms with van der Waals surface area (Å²) in [4.78, 5) is 40.0. The highest BCUT2D eigenvalue weighted by Gasteiger charge is 2.26. The van der Waals surface area contributed by atoms with Crippen molar-refractivity contribution in [2.75, 3.05) is 19.0 Å². The first-order valence-corrected chi connectivity index (χ1v) is 17.1. The van der Waals surface area contributed by atoms with Crippen LogP contribution < -0.4 is 9.47 Å². The fraction of sp³-hybridized carbons (Fsp3) is 0.242. The summed E-state index contributed by atoms with van der Waals surface area (Å²) in [7, 11) is 0. The number of aromatic nitrogens is 3. The Morgan fingerprint density at radius 1 is 0.800 bits per heavy atom. The van der Waals surface area contributed by atoms with Gasteiger partial charge in [0.1, 0.15) is 4.21 Å². The molecule has 0 atom stereocenters. The molecular formula is C33H29N3O6S3.